The van der Waals surface area contributed by atoms with Crippen molar-refractivity contribution in [3.63, 3.8) is 0 Å². The molecule has 0 aliphatic rings. The number of nitrogens with one attached hydrogen (secondary N) is 3. The Labute approximate surface area is 250 Å². The third-order valence-electron chi connectivity index (χ3n) is 5.41. The first-order valence-electron chi connectivity index (χ1n) is 11.9. The first kappa shape index (κ1) is 29.2. The average Bonchev–Trinajstić information content (AvgIpc) is 2.94. The Bertz CT molecular complexity index is 1540. The molecule has 0 unspecified atom stereocenters. The van der Waals surface area contributed by atoms with E-state index in [1.54, 1.807) is 97.1 Å². The fourth-order valence-corrected chi connectivity index (χ4v) is 4.88. The molecule has 40 heavy (non-hydrogen) atoms. The fraction of sp³-hybridized carbons (Fsp3) is 0.0333. The van der Waals surface area contributed by atoms with E-state index in [4.69, 9.17) is 34.8 Å². The molecule has 6 nitrogen and oxygen atoms in total. The number of rotatable bonds is 9. The van der Waals surface area contributed by atoms with Gasteiger partial charge in [0.1, 0.15) is 5.70 Å². The lowest BCUT2D eigenvalue weighted by Crippen LogP contribution is -2.30. The third-order valence-corrected chi connectivity index (χ3v) is 7.31. The maximum absolute atomic E-state index is 13.3. The van der Waals surface area contributed by atoms with E-state index in [0.717, 1.165) is 4.90 Å². The smallest absolute Gasteiger partial charge is 0.272 e. The second-order valence-electron chi connectivity index (χ2n) is 8.34. The van der Waals surface area contributed by atoms with E-state index >= 15 is 0 Å². The van der Waals surface area contributed by atoms with Crippen LogP contribution in [0.15, 0.2) is 108 Å². The summed E-state index contributed by atoms with van der Waals surface area (Å²) >= 11 is 19.9. The summed E-state index contributed by atoms with van der Waals surface area (Å²) < 4.78 is 0. The standard InChI is InChI=1S/C30H22Cl3N3O3S/c31-20-8-4-9-22(16-20)34-28(37)18-40-23-14-12-21(13-15-23)35-30(39)27(17-24-25(32)10-5-11-26(24)33)36-29(38)19-6-2-1-3-7-19/h1-17H,18H2,(H,34,37)(H,35,39)(H,36,38)/b27-17-. The molecule has 4 aromatic carbocycles. The van der Waals surface area contributed by atoms with E-state index < -0.39 is 11.8 Å². The number of halogens is 3. The minimum atomic E-state index is -0.568. The van der Waals surface area contributed by atoms with Crippen LogP contribution < -0.4 is 16.0 Å². The van der Waals surface area contributed by atoms with Gasteiger partial charge in [0.15, 0.2) is 0 Å². The van der Waals surface area contributed by atoms with Gasteiger partial charge < -0.3 is 16.0 Å². The Kier molecular flexibility index (Phi) is 10.3. The number of thioether (sulfide) groups is 1. The van der Waals surface area contributed by atoms with E-state index in [9.17, 15) is 14.4 Å². The molecule has 4 rings (SSSR count). The van der Waals surface area contributed by atoms with Gasteiger partial charge in [0.2, 0.25) is 5.91 Å². The zero-order chi connectivity index (χ0) is 28.5. The van der Waals surface area contributed by atoms with Crippen molar-refractivity contribution < 1.29 is 14.4 Å². The molecule has 0 fully saturated rings. The molecular formula is C30H22Cl3N3O3S. The molecule has 202 valence electrons. The minimum Gasteiger partial charge on any atom is -0.325 e. The Morgan fingerprint density at radius 3 is 2.08 bits per heavy atom. The normalized spacial score (nSPS) is 11.0. The molecule has 0 atom stereocenters. The van der Waals surface area contributed by atoms with Crippen LogP contribution in [0.5, 0.6) is 0 Å². The van der Waals surface area contributed by atoms with Gasteiger partial charge >= 0.3 is 0 Å². The average molecular weight is 611 g/mol. The van der Waals surface area contributed by atoms with Crippen LogP contribution in [0.1, 0.15) is 15.9 Å². The largest absolute Gasteiger partial charge is 0.325 e. The van der Waals surface area contributed by atoms with Gasteiger partial charge in [-0.1, -0.05) is 65.1 Å². The van der Waals surface area contributed by atoms with Gasteiger partial charge in [-0.05, 0) is 72.8 Å². The number of carbonyl (C=O) groups excluding carboxylic acids is 3. The summed E-state index contributed by atoms with van der Waals surface area (Å²) in [6.45, 7) is 0. The highest BCUT2D eigenvalue weighted by Gasteiger charge is 2.17. The molecule has 0 radical (unpaired) electrons. The van der Waals surface area contributed by atoms with Crippen molar-refractivity contribution in [1.82, 2.24) is 5.32 Å². The second kappa shape index (κ2) is 14.1. The number of anilines is 2. The van der Waals surface area contributed by atoms with Crippen molar-refractivity contribution >= 4 is 81.7 Å². The van der Waals surface area contributed by atoms with Crippen LogP contribution in [0.3, 0.4) is 0 Å². The van der Waals surface area contributed by atoms with Crippen molar-refractivity contribution in [2.24, 2.45) is 0 Å². The number of carbonyl (C=O) groups is 3. The summed E-state index contributed by atoms with van der Waals surface area (Å²) in [6, 6.07) is 27.4. The topological polar surface area (TPSA) is 87.3 Å². The molecule has 3 amide bonds. The van der Waals surface area contributed by atoms with E-state index in [0.29, 0.717) is 37.6 Å². The summed E-state index contributed by atoms with van der Waals surface area (Å²) in [5, 5.41) is 9.43. The van der Waals surface area contributed by atoms with E-state index in [1.807, 2.05) is 0 Å². The zero-order valence-corrected chi connectivity index (χ0v) is 23.9. The Balaban J connectivity index is 1.44. The summed E-state index contributed by atoms with van der Waals surface area (Å²) in [7, 11) is 0. The van der Waals surface area contributed by atoms with Crippen molar-refractivity contribution in [3.8, 4) is 0 Å². The molecule has 0 saturated heterocycles. The number of amides is 3. The number of benzene rings is 4. The molecule has 10 heteroatoms. The van der Waals surface area contributed by atoms with Gasteiger partial charge in [-0.15, -0.1) is 11.8 Å². The first-order valence-corrected chi connectivity index (χ1v) is 14.0. The van der Waals surface area contributed by atoms with Crippen LogP contribution in [0, 0.1) is 0 Å². The Morgan fingerprint density at radius 1 is 0.725 bits per heavy atom. The SMILES string of the molecule is O=C(CSc1ccc(NC(=O)/C(=C/c2c(Cl)cccc2Cl)NC(=O)c2ccccc2)cc1)Nc1cccc(Cl)c1. The van der Waals surface area contributed by atoms with Crippen LogP contribution in [-0.2, 0) is 9.59 Å². The number of hydrogen-bond donors (Lipinski definition) is 3. The van der Waals surface area contributed by atoms with Gasteiger partial charge in [0.25, 0.3) is 11.8 Å². The maximum atomic E-state index is 13.3. The molecule has 0 aliphatic heterocycles. The van der Waals surface area contributed by atoms with Crippen molar-refractivity contribution in [1.29, 1.82) is 0 Å². The van der Waals surface area contributed by atoms with Crippen LogP contribution in [-0.4, -0.2) is 23.5 Å². The van der Waals surface area contributed by atoms with Crippen LogP contribution in [0.2, 0.25) is 15.1 Å². The van der Waals surface area contributed by atoms with Crippen LogP contribution >= 0.6 is 46.6 Å². The highest BCUT2D eigenvalue weighted by atomic mass is 35.5. The quantitative estimate of drug-likeness (QED) is 0.133. The molecular weight excluding hydrogens is 589 g/mol. The number of hydrogen-bond acceptors (Lipinski definition) is 4. The summed E-state index contributed by atoms with van der Waals surface area (Å²) in [5.74, 6) is -1.02. The highest BCUT2D eigenvalue weighted by molar-refractivity contribution is 8.00. The Morgan fingerprint density at radius 2 is 1.40 bits per heavy atom. The van der Waals surface area contributed by atoms with Gasteiger partial charge in [-0.25, -0.2) is 0 Å². The molecule has 0 spiro atoms. The lowest BCUT2D eigenvalue weighted by molar-refractivity contribution is -0.114. The highest BCUT2D eigenvalue weighted by Crippen LogP contribution is 2.27. The molecule has 0 bridgehead atoms. The van der Waals surface area contributed by atoms with Crippen molar-refractivity contribution in [3.05, 3.63) is 129 Å². The molecule has 0 heterocycles. The monoisotopic (exact) mass is 609 g/mol. The molecule has 0 saturated carbocycles. The van der Waals surface area contributed by atoms with Gasteiger partial charge in [0, 0.05) is 42.5 Å². The zero-order valence-electron chi connectivity index (χ0n) is 20.8. The molecule has 0 aromatic heterocycles. The minimum absolute atomic E-state index is 0.0417. The third kappa shape index (κ3) is 8.37. The van der Waals surface area contributed by atoms with Crippen LogP contribution in [0.25, 0.3) is 6.08 Å². The molecule has 4 aromatic rings. The first-order chi connectivity index (χ1) is 19.3. The van der Waals surface area contributed by atoms with E-state index in [1.165, 1.54) is 17.8 Å². The summed E-state index contributed by atoms with van der Waals surface area (Å²) in [4.78, 5) is 39.2. The van der Waals surface area contributed by atoms with Gasteiger partial charge in [-0.3, -0.25) is 14.4 Å². The lowest BCUT2D eigenvalue weighted by Gasteiger charge is -2.13. The second-order valence-corrected chi connectivity index (χ2v) is 10.6. The Hall–Kier alpha value is -3.75. The van der Waals surface area contributed by atoms with E-state index in [-0.39, 0.29) is 17.4 Å². The van der Waals surface area contributed by atoms with Gasteiger partial charge in [0.05, 0.1) is 5.75 Å². The molecule has 3 N–H and O–H groups in total. The predicted molar refractivity (Wildman–Crippen MR) is 164 cm³/mol. The van der Waals surface area contributed by atoms with Crippen LogP contribution in [0.4, 0.5) is 11.4 Å². The van der Waals surface area contributed by atoms with E-state index in [2.05, 4.69) is 16.0 Å². The predicted octanol–water partition coefficient (Wildman–Crippen LogP) is 7.79. The summed E-state index contributed by atoms with van der Waals surface area (Å²) in [6.07, 6.45) is 1.43. The summed E-state index contributed by atoms with van der Waals surface area (Å²) in [5.41, 5.74) is 1.85. The van der Waals surface area contributed by atoms with Crippen molar-refractivity contribution in [2.75, 3.05) is 16.4 Å². The fourth-order valence-electron chi connectivity index (χ4n) is 3.48. The molecule has 0 aliphatic carbocycles. The van der Waals surface area contributed by atoms with Gasteiger partial charge in [-0.2, -0.15) is 0 Å². The maximum Gasteiger partial charge on any atom is 0.272 e. The van der Waals surface area contributed by atoms with Crippen molar-refractivity contribution in [2.45, 2.75) is 4.90 Å². The lowest BCUT2D eigenvalue weighted by atomic mass is 10.1.